The summed E-state index contributed by atoms with van der Waals surface area (Å²) in [7, 11) is -3.66. The second kappa shape index (κ2) is 10.5. The molecule has 1 saturated carbocycles. The normalized spacial score (nSPS) is 23.7. The van der Waals surface area contributed by atoms with E-state index in [1.807, 2.05) is 12.1 Å². The highest BCUT2D eigenvalue weighted by atomic mass is 32.2. The third kappa shape index (κ3) is 5.27. The van der Waals surface area contributed by atoms with Gasteiger partial charge in [-0.3, -0.25) is 9.78 Å². The summed E-state index contributed by atoms with van der Waals surface area (Å²) in [4.78, 5) is 22.9. The van der Waals surface area contributed by atoms with Crippen molar-refractivity contribution in [1.29, 1.82) is 0 Å². The van der Waals surface area contributed by atoms with Crippen molar-refractivity contribution < 1.29 is 13.2 Å². The largest absolute Gasteiger partial charge is 0.349 e. The number of fused-ring (bicyclic) bond motifs is 1. The Labute approximate surface area is 219 Å². The topological polar surface area (TPSA) is 92.3 Å². The molecule has 1 aliphatic carbocycles. The first-order chi connectivity index (χ1) is 17.7. The van der Waals surface area contributed by atoms with Crippen LogP contribution in [-0.4, -0.2) is 47.7 Å². The van der Waals surface area contributed by atoms with E-state index in [-0.39, 0.29) is 16.8 Å². The molecular weight excluding hydrogens is 484 g/mol. The Hall–Kier alpha value is -2.84. The van der Waals surface area contributed by atoms with Gasteiger partial charge in [-0.1, -0.05) is 33.6 Å². The Morgan fingerprint density at radius 2 is 1.81 bits per heavy atom. The first kappa shape index (κ1) is 25.8. The number of rotatable bonds is 5. The van der Waals surface area contributed by atoms with Crippen molar-refractivity contribution >= 4 is 26.8 Å². The van der Waals surface area contributed by atoms with Crippen molar-refractivity contribution in [3.63, 3.8) is 0 Å². The minimum atomic E-state index is -3.66. The van der Waals surface area contributed by atoms with Gasteiger partial charge >= 0.3 is 0 Å². The Kier molecular flexibility index (Phi) is 7.32. The average molecular weight is 521 g/mol. The molecule has 3 aromatic rings. The smallest absolute Gasteiger partial charge is 0.252 e. The molecule has 37 heavy (non-hydrogen) atoms. The average Bonchev–Trinajstić information content (AvgIpc) is 2.91. The van der Waals surface area contributed by atoms with Gasteiger partial charge in [0.1, 0.15) is 0 Å². The lowest BCUT2D eigenvalue weighted by atomic mass is 9.78. The number of carbonyl (C=O) groups is 1. The number of carbonyl (C=O) groups excluding carboxylic acids is 1. The Morgan fingerprint density at radius 1 is 1.03 bits per heavy atom. The molecule has 8 heteroatoms. The third-order valence-corrected chi connectivity index (χ3v) is 10.3. The SMILES string of the molecule is CC1CCN(S(=O)(=O)c2ccc3nc(-c4cccnc4)cc(C(=O)N[C@@H]4CCC[C@@H](C)[C@@H]4C)c3c2)CC1. The number of pyridine rings is 2. The third-order valence-electron chi connectivity index (χ3n) is 8.39. The lowest BCUT2D eigenvalue weighted by Gasteiger charge is -2.34. The summed E-state index contributed by atoms with van der Waals surface area (Å²) >= 11 is 0. The molecule has 1 aliphatic heterocycles. The molecule has 2 aliphatic rings. The molecule has 196 valence electrons. The van der Waals surface area contributed by atoms with Crippen LogP contribution < -0.4 is 5.32 Å². The van der Waals surface area contributed by atoms with E-state index in [1.165, 1.54) is 6.42 Å². The fourth-order valence-electron chi connectivity index (χ4n) is 5.62. The van der Waals surface area contributed by atoms with E-state index in [4.69, 9.17) is 4.98 Å². The maximum atomic E-state index is 13.7. The molecule has 0 spiro atoms. The molecule has 5 rings (SSSR count). The van der Waals surface area contributed by atoms with Crippen LogP contribution in [0.1, 0.15) is 63.2 Å². The van der Waals surface area contributed by atoms with Crippen LogP contribution in [0.3, 0.4) is 0 Å². The van der Waals surface area contributed by atoms with E-state index in [1.54, 1.807) is 41.0 Å². The zero-order valence-electron chi connectivity index (χ0n) is 21.9. The van der Waals surface area contributed by atoms with Gasteiger partial charge < -0.3 is 5.32 Å². The van der Waals surface area contributed by atoms with E-state index in [0.29, 0.717) is 53.0 Å². The summed E-state index contributed by atoms with van der Waals surface area (Å²) in [5, 5.41) is 3.82. The molecule has 2 fully saturated rings. The molecule has 0 bridgehead atoms. The summed E-state index contributed by atoms with van der Waals surface area (Å²) in [5.41, 5.74) is 2.47. The monoisotopic (exact) mass is 520 g/mol. The van der Waals surface area contributed by atoms with Crippen LogP contribution in [0.15, 0.2) is 53.7 Å². The summed E-state index contributed by atoms with van der Waals surface area (Å²) in [6.07, 6.45) is 8.34. The van der Waals surface area contributed by atoms with Gasteiger partial charge in [-0.05, 0) is 73.4 Å². The fraction of sp³-hybridized carbons (Fsp3) is 0.483. The van der Waals surface area contributed by atoms with Crippen LogP contribution in [0, 0.1) is 17.8 Å². The van der Waals surface area contributed by atoms with Crippen LogP contribution in [0.5, 0.6) is 0 Å². The second-order valence-corrected chi connectivity index (χ2v) is 12.8. The summed E-state index contributed by atoms with van der Waals surface area (Å²) in [6.45, 7) is 7.63. The molecular formula is C29H36N4O3S. The molecule has 0 unspecified atom stereocenters. The van der Waals surface area contributed by atoms with Crippen LogP contribution in [0.4, 0.5) is 0 Å². The Morgan fingerprint density at radius 3 is 2.54 bits per heavy atom. The van der Waals surface area contributed by atoms with E-state index < -0.39 is 10.0 Å². The first-order valence-electron chi connectivity index (χ1n) is 13.4. The molecule has 7 nitrogen and oxygen atoms in total. The highest BCUT2D eigenvalue weighted by Crippen LogP contribution is 2.32. The number of benzene rings is 1. The van der Waals surface area contributed by atoms with Crippen LogP contribution in [-0.2, 0) is 10.0 Å². The van der Waals surface area contributed by atoms with Gasteiger partial charge in [-0.15, -0.1) is 0 Å². The number of piperidine rings is 1. The second-order valence-electron chi connectivity index (χ2n) is 10.9. The zero-order valence-corrected chi connectivity index (χ0v) is 22.7. The minimum absolute atomic E-state index is 0.0866. The van der Waals surface area contributed by atoms with E-state index in [9.17, 15) is 13.2 Å². The maximum Gasteiger partial charge on any atom is 0.252 e. The fourth-order valence-corrected chi connectivity index (χ4v) is 7.12. The van der Waals surface area contributed by atoms with Crippen LogP contribution in [0.25, 0.3) is 22.2 Å². The molecule has 1 aromatic carbocycles. The van der Waals surface area contributed by atoms with Crippen LogP contribution >= 0.6 is 0 Å². The number of amides is 1. The summed E-state index contributed by atoms with van der Waals surface area (Å²) in [5.74, 6) is 1.26. The predicted octanol–water partition coefficient (Wildman–Crippen LogP) is 5.27. The highest BCUT2D eigenvalue weighted by molar-refractivity contribution is 7.89. The zero-order chi connectivity index (χ0) is 26.2. The Bertz CT molecular complexity index is 1390. The van der Waals surface area contributed by atoms with Gasteiger partial charge in [0.05, 0.1) is 21.7 Å². The number of nitrogens with one attached hydrogen (secondary N) is 1. The van der Waals surface area contributed by atoms with Gasteiger partial charge in [-0.2, -0.15) is 4.31 Å². The van der Waals surface area contributed by atoms with E-state index in [2.05, 4.69) is 31.1 Å². The minimum Gasteiger partial charge on any atom is -0.349 e. The summed E-state index contributed by atoms with van der Waals surface area (Å²) in [6, 6.07) is 10.6. The molecule has 3 heterocycles. The van der Waals surface area contributed by atoms with Crippen molar-refractivity contribution in [3.8, 4) is 11.3 Å². The van der Waals surface area contributed by atoms with Gasteiger partial charge in [-0.25, -0.2) is 13.4 Å². The van der Waals surface area contributed by atoms with Gasteiger partial charge in [0, 0.05) is 42.5 Å². The number of hydrogen-bond donors (Lipinski definition) is 1. The molecule has 1 saturated heterocycles. The van der Waals surface area contributed by atoms with Gasteiger partial charge in [0.2, 0.25) is 10.0 Å². The van der Waals surface area contributed by atoms with Crippen LogP contribution in [0.2, 0.25) is 0 Å². The van der Waals surface area contributed by atoms with Gasteiger partial charge in [0.25, 0.3) is 5.91 Å². The standard InChI is InChI=1S/C29H36N4O3S/c1-19-11-14-33(15-12-19)37(35,36)23-9-10-27-24(16-23)25(17-28(31-27)22-7-5-13-30-18-22)29(34)32-26-8-4-6-20(2)21(26)3/h5,7,9-10,13,16-21,26H,4,6,8,11-12,14-15H2,1-3H3,(H,32,34)/t20-,21+,26-/m1/s1. The maximum absolute atomic E-state index is 13.7. The van der Waals surface area contributed by atoms with Crippen molar-refractivity contribution in [3.05, 3.63) is 54.4 Å². The van der Waals surface area contributed by atoms with E-state index >= 15 is 0 Å². The number of aromatic nitrogens is 2. The Balaban J connectivity index is 1.57. The number of nitrogens with zero attached hydrogens (tertiary/aromatic N) is 3. The van der Waals surface area contributed by atoms with Crippen molar-refractivity contribution in [1.82, 2.24) is 19.6 Å². The molecule has 1 amide bonds. The predicted molar refractivity (Wildman–Crippen MR) is 146 cm³/mol. The van der Waals surface area contributed by atoms with Crippen molar-refractivity contribution in [2.45, 2.75) is 63.8 Å². The lowest BCUT2D eigenvalue weighted by Crippen LogP contribution is -2.43. The van der Waals surface area contributed by atoms with E-state index in [0.717, 1.165) is 31.2 Å². The number of hydrogen-bond acceptors (Lipinski definition) is 5. The summed E-state index contributed by atoms with van der Waals surface area (Å²) < 4.78 is 28.6. The molecule has 3 atom stereocenters. The molecule has 1 N–H and O–H groups in total. The highest BCUT2D eigenvalue weighted by Gasteiger charge is 2.31. The first-order valence-corrected chi connectivity index (χ1v) is 14.8. The lowest BCUT2D eigenvalue weighted by molar-refractivity contribution is 0.0892. The molecule has 0 radical (unpaired) electrons. The quantitative estimate of drug-likeness (QED) is 0.495. The van der Waals surface area contributed by atoms with Crippen molar-refractivity contribution in [2.75, 3.05) is 13.1 Å². The van der Waals surface area contributed by atoms with Gasteiger partial charge in [0.15, 0.2) is 0 Å². The number of sulfonamides is 1. The molecule has 2 aromatic heterocycles. The van der Waals surface area contributed by atoms with Crippen molar-refractivity contribution in [2.24, 2.45) is 17.8 Å².